The van der Waals surface area contributed by atoms with Crippen molar-refractivity contribution in [2.24, 2.45) is 0 Å². The minimum absolute atomic E-state index is 0.0889. The number of anilines is 1. The average molecular weight is 375 g/mol. The Morgan fingerprint density at radius 1 is 1.00 bits per heavy atom. The molecule has 0 aliphatic heterocycles. The van der Waals surface area contributed by atoms with Crippen molar-refractivity contribution < 1.29 is 13.2 Å². The van der Waals surface area contributed by atoms with Crippen LogP contribution in [0, 0.1) is 0 Å². The Hall–Kier alpha value is -2.18. The van der Waals surface area contributed by atoms with Gasteiger partial charge >= 0.3 is 0 Å². The maximum Gasteiger partial charge on any atom is 0.240 e. The van der Waals surface area contributed by atoms with Crippen molar-refractivity contribution in [1.82, 2.24) is 4.72 Å². The number of hydrogen-bond acceptors (Lipinski definition) is 3. The molecule has 1 amide bonds. The lowest BCUT2D eigenvalue weighted by atomic mass is 9.93. The van der Waals surface area contributed by atoms with Crippen molar-refractivity contribution in [3.05, 3.63) is 60.2 Å². The second kappa shape index (κ2) is 8.96. The molecule has 0 saturated heterocycles. The van der Waals surface area contributed by atoms with E-state index in [1.54, 1.807) is 26.0 Å². The molecule has 0 fully saturated rings. The number of nitrogens with one attached hydrogen (secondary N) is 2. The Morgan fingerprint density at radius 2 is 1.62 bits per heavy atom. The summed E-state index contributed by atoms with van der Waals surface area (Å²) in [6.07, 6.45) is 1.64. The third-order valence-electron chi connectivity index (χ3n) is 3.92. The van der Waals surface area contributed by atoms with Crippen LogP contribution < -0.4 is 10.0 Å². The van der Waals surface area contributed by atoms with Crippen molar-refractivity contribution in [2.75, 3.05) is 5.32 Å². The van der Waals surface area contributed by atoms with E-state index < -0.39 is 10.0 Å². The van der Waals surface area contributed by atoms with Gasteiger partial charge in [-0.15, -0.1) is 0 Å². The lowest BCUT2D eigenvalue weighted by molar-refractivity contribution is -0.117. The maximum absolute atomic E-state index is 12.7. The molecule has 2 aromatic rings. The van der Waals surface area contributed by atoms with Gasteiger partial charge in [0.25, 0.3) is 0 Å². The SMILES string of the molecule is CCCC(C(=O)Nc1ccc(S(=O)(=O)NC(C)C)cc1)c1ccccc1. The number of carbonyl (C=O) groups excluding carboxylic acids is 1. The molecule has 26 heavy (non-hydrogen) atoms. The summed E-state index contributed by atoms with van der Waals surface area (Å²) in [6, 6.07) is 15.7. The molecule has 1 unspecified atom stereocenters. The predicted molar refractivity (Wildman–Crippen MR) is 105 cm³/mol. The molecular formula is C20H26N2O3S. The maximum atomic E-state index is 12.7. The van der Waals surface area contributed by atoms with Crippen LogP contribution in [0.5, 0.6) is 0 Å². The number of sulfonamides is 1. The summed E-state index contributed by atoms with van der Waals surface area (Å²) in [4.78, 5) is 12.9. The van der Waals surface area contributed by atoms with E-state index >= 15 is 0 Å². The Labute approximate surface area is 155 Å². The Balaban J connectivity index is 2.13. The highest BCUT2D eigenvalue weighted by Gasteiger charge is 2.20. The van der Waals surface area contributed by atoms with Gasteiger partial charge in [0.05, 0.1) is 10.8 Å². The molecule has 5 nitrogen and oxygen atoms in total. The Morgan fingerprint density at radius 3 is 2.15 bits per heavy atom. The second-order valence-electron chi connectivity index (χ2n) is 6.54. The van der Waals surface area contributed by atoms with Crippen LogP contribution in [0.25, 0.3) is 0 Å². The largest absolute Gasteiger partial charge is 0.326 e. The fourth-order valence-corrected chi connectivity index (χ4v) is 4.00. The molecule has 2 rings (SSSR count). The van der Waals surface area contributed by atoms with Crippen molar-refractivity contribution in [3.8, 4) is 0 Å². The molecule has 0 heterocycles. The molecule has 0 aliphatic carbocycles. The summed E-state index contributed by atoms with van der Waals surface area (Å²) in [5.74, 6) is -0.318. The third-order valence-corrected chi connectivity index (χ3v) is 5.59. The second-order valence-corrected chi connectivity index (χ2v) is 8.26. The molecule has 2 aromatic carbocycles. The van der Waals surface area contributed by atoms with Gasteiger partial charge in [0.2, 0.25) is 15.9 Å². The summed E-state index contributed by atoms with van der Waals surface area (Å²) in [7, 11) is -3.54. The monoisotopic (exact) mass is 374 g/mol. The smallest absolute Gasteiger partial charge is 0.240 e. The topological polar surface area (TPSA) is 75.3 Å². The van der Waals surface area contributed by atoms with Gasteiger partial charge < -0.3 is 5.32 Å². The van der Waals surface area contributed by atoms with Gasteiger partial charge in [-0.05, 0) is 50.1 Å². The van der Waals surface area contributed by atoms with E-state index in [0.29, 0.717) is 5.69 Å². The van der Waals surface area contributed by atoms with Crippen molar-refractivity contribution >= 4 is 21.6 Å². The van der Waals surface area contributed by atoms with Gasteiger partial charge in [-0.3, -0.25) is 4.79 Å². The van der Waals surface area contributed by atoms with Crippen LogP contribution in [0.1, 0.15) is 45.1 Å². The van der Waals surface area contributed by atoms with E-state index in [1.165, 1.54) is 12.1 Å². The molecule has 6 heteroatoms. The number of rotatable bonds is 8. The molecule has 0 saturated carbocycles. The van der Waals surface area contributed by atoms with Gasteiger partial charge in [0, 0.05) is 11.7 Å². The predicted octanol–water partition coefficient (Wildman–Crippen LogP) is 3.90. The first kappa shape index (κ1) is 20.1. The number of benzene rings is 2. The molecular weight excluding hydrogens is 348 g/mol. The van der Waals surface area contributed by atoms with E-state index in [1.807, 2.05) is 37.3 Å². The van der Waals surface area contributed by atoms with Crippen LogP contribution in [0.15, 0.2) is 59.5 Å². The van der Waals surface area contributed by atoms with Crippen LogP contribution >= 0.6 is 0 Å². The molecule has 1 atom stereocenters. The van der Waals surface area contributed by atoms with Gasteiger partial charge in [-0.1, -0.05) is 43.7 Å². The molecule has 140 valence electrons. The fraction of sp³-hybridized carbons (Fsp3) is 0.350. The summed E-state index contributed by atoms with van der Waals surface area (Å²) < 4.78 is 26.8. The van der Waals surface area contributed by atoms with Crippen molar-refractivity contribution in [1.29, 1.82) is 0 Å². The van der Waals surface area contributed by atoms with Crippen LogP contribution in [-0.2, 0) is 14.8 Å². The molecule has 0 aromatic heterocycles. The van der Waals surface area contributed by atoms with Crippen LogP contribution in [-0.4, -0.2) is 20.4 Å². The van der Waals surface area contributed by atoms with E-state index in [0.717, 1.165) is 18.4 Å². The first-order chi connectivity index (χ1) is 12.3. The minimum Gasteiger partial charge on any atom is -0.326 e. The summed E-state index contributed by atoms with van der Waals surface area (Å²) in [6.45, 7) is 5.58. The zero-order valence-electron chi connectivity index (χ0n) is 15.4. The molecule has 2 N–H and O–H groups in total. The van der Waals surface area contributed by atoms with E-state index in [9.17, 15) is 13.2 Å². The first-order valence-electron chi connectivity index (χ1n) is 8.81. The van der Waals surface area contributed by atoms with E-state index in [-0.39, 0.29) is 22.8 Å². The third kappa shape index (κ3) is 5.41. The summed E-state index contributed by atoms with van der Waals surface area (Å²) in [5.41, 5.74) is 1.56. The molecule has 0 radical (unpaired) electrons. The van der Waals surface area contributed by atoms with Gasteiger partial charge in [0.1, 0.15) is 0 Å². The highest BCUT2D eigenvalue weighted by Crippen LogP contribution is 2.23. The van der Waals surface area contributed by atoms with Crippen LogP contribution in [0.2, 0.25) is 0 Å². The van der Waals surface area contributed by atoms with Gasteiger partial charge in [-0.25, -0.2) is 13.1 Å². The standard InChI is InChI=1S/C20H26N2O3S/c1-4-8-19(16-9-6-5-7-10-16)20(23)21-17-11-13-18(14-12-17)26(24,25)22-15(2)3/h5-7,9-15,19,22H,4,8H2,1-3H3,(H,21,23). The lowest BCUT2D eigenvalue weighted by Crippen LogP contribution is -2.30. The van der Waals surface area contributed by atoms with Crippen molar-refractivity contribution in [2.45, 2.75) is 50.5 Å². The molecule has 0 bridgehead atoms. The highest BCUT2D eigenvalue weighted by atomic mass is 32.2. The lowest BCUT2D eigenvalue weighted by Gasteiger charge is -2.17. The number of hydrogen-bond donors (Lipinski definition) is 2. The number of carbonyl (C=O) groups is 1. The molecule has 0 aliphatic rings. The van der Waals surface area contributed by atoms with Crippen LogP contribution in [0.3, 0.4) is 0 Å². The summed E-state index contributed by atoms with van der Waals surface area (Å²) in [5, 5.41) is 2.89. The van der Waals surface area contributed by atoms with E-state index in [2.05, 4.69) is 10.0 Å². The fourth-order valence-electron chi connectivity index (χ4n) is 2.75. The van der Waals surface area contributed by atoms with Crippen molar-refractivity contribution in [3.63, 3.8) is 0 Å². The van der Waals surface area contributed by atoms with Gasteiger partial charge in [0.15, 0.2) is 0 Å². The zero-order valence-corrected chi connectivity index (χ0v) is 16.2. The first-order valence-corrected chi connectivity index (χ1v) is 10.3. The number of amides is 1. The Kier molecular flexibility index (Phi) is 6.94. The Bertz CT molecular complexity index is 816. The normalized spacial score (nSPS) is 12.8. The zero-order chi connectivity index (χ0) is 19.2. The highest BCUT2D eigenvalue weighted by molar-refractivity contribution is 7.89. The average Bonchev–Trinajstić information content (AvgIpc) is 2.59. The van der Waals surface area contributed by atoms with Gasteiger partial charge in [-0.2, -0.15) is 0 Å². The summed E-state index contributed by atoms with van der Waals surface area (Å²) >= 11 is 0. The molecule has 0 spiro atoms. The quantitative estimate of drug-likeness (QED) is 0.736. The van der Waals surface area contributed by atoms with Crippen LogP contribution in [0.4, 0.5) is 5.69 Å². The van der Waals surface area contributed by atoms with E-state index in [4.69, 9.17) is 0 Å². The minimum atomic E-state index is -3.54.